The number of rotatable bonds is 2. The third kappa shape index (κ3) is 2.31. The van der Waals surface area contributed by atoms with Gasteiger partial charge in [-0.2, -0.15) is 0 Å². The maximum Gasteiger partial charge on any atom is 0.125 e. The Morgan fingerprint density at radius 3 is 2.69 bits per heavy atom. The minimum Gasteiger partial charge on any atom is -0.397 e. The monoisotopic (exact) mass is 216 g/mol. The van der Waals surface area contributed by atoms with E-state index in [1.54, 1.807) is 12.1 Å². The van der Waals surface area contributed by atoms with Crippen LogP contribution in [-0.2, 0) is 0 Å². The number of nitrogen functional groups attached to an aromatic ring is 1. The fourth-order valence-corrected chi connectivity index (χ4v) is 1.50. The van der Waals surface area contributed by atoms with Gasteiger partial charge in [0, 0.05) is 5.69 Å². The SMILES string of the molecule is Cc1ccc(N)c(Nc2cccc(F)c2)c1. The van der Waals surface area contributed by atoms with Crippen molar-refractivity contribution in [1.29, 1.82) is 0 Å². The zero-order chi connectivity index (χ0) is 11.5. The summed E-state index contributed by atoms with van der Waals surface area (Å²) < 4.78 is 13.0. The molecule has 3 heteroatoms. The third-order valence-electron chi connectivity index (χ3n) is 2.31. The molecular weight excluding hydrogens is 203 g/mol. The zero-order valence-corrected chi connectivity index (χ0v) is 9.00. The van der Waals surface area contributed by atoms with Gasteiger partial charge in [0.05, 0.1) is 11.4 Å². The first-order chi connectivity index (χ1) is 7.65. The van der Waals surface area contributed by atoms with Gasteiger partial charge < -0.3 is 11.1 Å². The first kappa shape index (κ1) is 10.5. The van der Waals surface area contributed by atoms with Gasteiger partial charge in [-0.1, -0.05) is 12.1 Å². The smallest absolute Gasteiger partial charge is 0.125 e. The standard InChI is InChI=1S/C13H13FN2/c1-9-5-6-12(15)13(7-9)16-11-4-2-3-10(14)8-11/h2-8,16H,15H2,1H3. The number of hydrogen-bond acceptors (Lipinski definition) is 2. The number of aryl methyl sites for hydroxylation is 1. The van der Waals surface area contributed by atoms with Gasteiger partial charge in [0.2, 0.25) is 0 Å². The van der Waals surface area contributed by atoms with Gasteiger partial charge in [-0.15, -0.1) is 0 Å². The average molecular weight is 216 g/mol. The molecule has 0 spiro atoms. The minimum absolute atomic E-state index is 0.267. The van der Waals surface area contributed by atoms with Crippen LogP contribution in [0.1, 0.15) is 5.56 Å². The van der Waals surface area contributed by atoms with Gasteiger partial charge in [-0.3, -0.25) is 0 Å². The number of nitrogens with two attached hydrogens (primary N) is 1. The molecule has 0 bridgehead atoms. The van der Waals surface area contributed by atoms with Gasteiger partial charge in [-0.05, 0) is 42.8 Å². The number of benzene rings is 2. The molecule has 2 rings (SSSR count). The molecule has 16 heavy (non-hydrogen) atoms. The summed E-state index contributed by atoms with van der Waals surface area (Å²) in [4.78, 5) is 0. The van der Waals surface area contributed by atoms with E-state index in [4.69, 9.17) is 5.73 Å². The number of hydrogen-bond donors (Lipinski definition) is 2. The second kappa shape index (κ2) is 4.23. The van der Waals surface area contributed by atoms with Gasteiger partial charge in [-0.25, -0.2) is 4.39 Å². The quantitative estimate of drug-likeness (QED) is 0.754. The second-order valence-corrected chi connectivity index (χ2v) is 3.73. The molecule has 0 radical (unpaired) electrons. The molecule has 2 aromatic carbocycles. The highest BCUT2D eigenvalue weighted by atomic mass is 19.1. The summed E-state index contributed by atoms with van der Waals surface area (Å²) in [7, 11) is 0. The van der Waals surface area contributed by atoms with E-state index in [1.165, 1.54) is 12.1 Å². The molecule has 0 aliphatic rings. The van der Waals surface area contributed by atoms with E-state index < -0.39 is 0 Å². The number of nitrogens with one attached hydrogen (secondary N) is 1. The Bertz CT molecular complexity index is 509. The summed E-state index contributed by atoms with van der Waals surface area (Å²) in [6.07, 6.45) is 0. The van der Waals surface area contributed by atoms with E-state index in [1.807, 2.05) is 25.1 Å². The van der Waals surface area contributed by atoms with Crippen LogP contribution in [0.2, 0.25) is 0 Å². The molecule has 0 saturated heterocycles. The van der Waals surface area contributed by atoms with Crippen LogP contribution in [0, 0.1) is 12.7 Å². The molecule has 2 nitrogen and oxygen atoms in total. The van der Waals surface area contributed by atoms with E-state index in [-0.39, 0.29) is 5.82 Å². The second-order valence-electron chi connectivity index (χ2n) is 3.73. The summed E-state index contributed by atoms with van der Waals surface area (Å²) in [5.74, 6) is -0.267. The number of anilines is 3. The summed E-state index contributed by atoms with van der Waals surface area (Å²) in [5.41, 5.74) is 9.06. The molecule has 0 unspecified atom stereocenters. The highest BCUT2D eigenvalue weighted by molar-refractivity contribution is 5.73. The van der Waals surface area contributed by atoms with Crippen LogP contribution in [0.25, 0.3) is 0 Å². The normalized spacial score (nSPS) is 10.1. The number of halogens is 1. The highest BCUT2D eigenvalue weighted by Gasteiger charge is 2.00. The Kier molecular flexibility index (Phi) is 2.77. The van der Waals surface area contributed by atoms with Gasteiger partial charge >= 0.3 is 0 Å². The summed E-state index contributed by atoms with van der Waals surface area (Å²) in [6, 6.07) is 12.0. The molecule has 0 saturated carbocycles. The van der Waals surface area contributed by atoms with Crippen molar-refractivity contribution in [1.82, 2.24) is 0 Å². The molecule has 82 valence electrons. The van der Waals surface area contributed by atoms with Gasteiger partial charge in [0.15, 0.2) is 0 Å². The first-order valence-electron chi connectivity index (χ1n) is 5.04. The molecule has 0 aliphatic heterocycles. The third-order valence-corrected chi connectivity index (χ3v) is 2.31. The van der Waals surface area contributed by atoms with Crippen molar-refractivity contribution in [3.63, 3.8) is 0 Å². The van der Waals surface area contributed by atoms with Crippen LogP contribution in [0.4, 0.5) is 21.5 Å². The maximum absolute atomic E-state index is 13.0. The van der Waals surface area contributed by atoms with Crippen LogP contribution in [0.5, 0.6) is 0 Å². The van der Waals surface area contributed by atoms with E-state index in [0.29, 0.717) is 11.4 Å². The Hall–Kier alpha value is -2.03. The van der Waals surface area contributed by atoms with Crippen LogP contribution >= 0.6 is 0 Å². The Morgan fingerprint density at radius 1 is 1.12 bits per heavy atom. The van der Waals surface area contributed by atoms with Crippen molar-refractivity contribution in [3.8, 4) is 0 Å². The van der Waals surface area contributed by atoms with E-state index in [2.05, 4.69) is 5.32 Å². The lowest BCUT2D eigenvalue weighted by Crippen LogP contribution is -1.96. The average Bonchev–Trinajstić information content (AvgIpc) is 2.24. The molecule has 0 aliphatic carbocycles. The lowest BCUT2D eigenvalue weighted by molar-refractivity contribution is 0.628. The lowest BCUT2D eigenvalue weighted by atomic mass is 10.2. The molecule has 0 aromatic heterocycles. The van der Waals surface area contributed by atoms with Crippen LogP contribution in [0.3, 0.4) is 0 Å². The Morgan fingerprint density at radius 2 is 1.94 bits per heavy atom. The summed E-state index contributed by atoms with van der Waals surface area (Å²) in [5, 5.41) is 3.09. The predicted octanol–water partition coefficient (Wildman–Crippen LogP) is 3.46. The Balaban J connectivity index is 2.30. The molecule has 2 aromatic rings. The molecular formula is C13H13FN2. The fourth-order valence-electron chi connectivity index (χ4n) is 1.50. The fraction of sp³-hybridized carbons (Fsp3) is 0.0769. The first-order valence-corrected chi connectivity index (χ1v) is 5.04. The van der Waals surface area contributed by atoms with E-state index >= 15 is 0 Å². The van der Waals surface area contributed by atoms with Crippen molar-refractivity contribution < 1.29 is 4.39 Å². The predicted molar refractivity (Wildman–Crippen MR) is 65.3 cm³/mol. The van der Waals surface area contributed by atoms with Crippen molar-refractivity contribution in [2.75, 3.05) is 11.1 Å². The molecule has 3 N–H and O–H groups in total. The molecule has 0 atom stereocenters. The Labute approximate surface area is 93.9 Å². The van der Waals surface area contributed by atoms with Gasteiger partial charge in [0.1, 0.15) is 5.82 Å². The van der Waals surface area contributed by atoms with Crippen LogP contribution in [0.15, 0.2) is 42.5 Å². The summed E-state index contributed by atoms with van der Waals surface area (Å²) in [6.45, 7) is 1.98. The van der Waals surface area contributed by atoms with E-state index in [0.717, 1.165) is 11.3 Å². The molecule has 0 amide bonds. The highest BCUT2D eigenvalue weighted by Crippen LogP contribution is 2.24. The topological polar surface area (TPSA) is 38.0 Å². The minimum atomic E-state index is -0.267. The van der Waals surface area contributed by atoms with Crippen molar-refractivity contribution in [2.45, 2.75) is 6.92 Å². The van der Waals surface area contributed by atoms with Gasteiger partial charge in [0.25, 0.3) is 0 Å². The molecule has 0 fully saturated rings. The van der Waals surface area contributed by atoms with E-state index in [9.17, 15) is 4.39 Å². The van der Waals surface area contributed by atoms with Crippen LogP contribution < -0.4 is 11.1 Å². The molecule has 0 heterocycles. The van der Waals surface area contributed by atoms with Crippen molar-refractivity contribution in [3.05, 3.63) is 53.8 Å². The van der Waals surface area contributed by atoms with Crippen molar-refractivity contribution >= 4 is 17.1 Å². The van der Waals surface area contributed by atoms with Crippen molar-refractivity contribution in [2.24, 2.45) is 0 Å². The maximum atomic E-state index is 13.0. The zero-order valence-electron chi connectivity index (χ0n) is 9.00. The lowest BCUT2D eigenvalue weighted by Gasteiger charge is -2.10. The largest absolute Gasteiger partial charge is 0.397 e. The van der Waals surface area contributed by atoms with Crippen LogP contribution in [-0.4, -0.2) is 0 Å². The summed E-state index contributed by atoms with van der Waals surface area (Å²) >= 11 is 0.